The quantitative estimate of drug-likeness (QED) is 0.398. The van der Waals surface area contributed by atoms with Crippen molar-refractivity contribution in [2.75, 3.05) is 18.5 Å². The van der Waals surface area contributed by atoms with Gasteiger partial charge in [0.25, 0.3) is 11.8 Å². The van der Waals surface area contributed by atoms with Crippen LogP contribution in [0, 0.1) is 0 Å². The van der Waals surface area contributed by atoms with Gasteiger partial charge in [0.15, 0.2) is 13.2 Å². The summed E-state index contributed by atoms with van der Waals surface area (Å²) in [6.45, 7) is 0.738. The zero-order chi connectivity index (χ0) is 24.3. The largest absolute Gasteiger partial charge is 0.484 e. The number of nitrogens with one attached hydrogen (secondary N) is 2. The van der Waals surface area contributed by atoms with E-state index in [4.69, 9.17) is 21.1 Å². The average Bonchev–Trinajstić information content (AvgIpc) is 2.84. The predicted molar refractivity (Wildman–Crippen MR) is 131 cm³/mol. The first kappa shape index (κ1) is 25.1. The zero-order valence-electron chi connectivity index (χ0n) is 18.3. The van der Waals surface area contributed by atoms with Gasteiger partial charge in [-0.05, 0) is 55.5 Å². The number of anilines is 1. The maximum atomic E-state index is 12.3. The number of amides is 2. The van der Waals surface area contributed by atoms with Gasteiger partial charge in [0.05, 0.1) is 5.69 Å². The molecule has 3 aromatic carbocycles. The molecule has 3 rings (SSSR count). The van der Waals surface area contributed by atoms with Gasteiger partial charge in [0.1, 0.15) is 11.8 Å². The lowest BCUT2D eigenvalue weighted by Gasteiger charge is -2.14. The first-order valence-corrected chi connectivity index (χ1v) is 11.6. The highest BCUT2D eigenvalue weighted by Crippen LogP contribution is 2.33. The molecule has 0 aliphatic heterocycles. The average molecular weight is 499 g/mol. The van der Waals surface area contributed by atoms with Crippen molar-refractivity contribution in [1.29, 1.82) is 0 Å². The lowest BCUT2D eigenvalue weighted by molar-refractivity contribution is -0.150. The summed E-state index contributed by atoms with van der Waals surface area (Å²) in [4.78, 5) is 38.3. The van der Waals surface area contributed by atoms with Crippen molar-refractivity contribution in [1.82, 2.24) is 5.32 Å². The van der Waals surface area contributed by atoms with E-state index in [1.54, 1.807) is 48.5 Å². The number of halogens is 1. The first-order chi connectivity index (χ1) is 16.4. The Kier molecular flexibility index (Phi) is 9.37. The van der Waals surface area contributed by atoms with Crippen molar-refractivity contribution < 1.29 is 23.9 Å². The molecule has 0 aliphatic carbocycles. The third-order valence-corrected chi connectivity index (χ3v) is 5.73. The van der Waals surface area contributed by atoms with E-state index in [2.05, 4.69) is 10.6 Å². The number of carbonyl (C=O) groups excluding carboxylic acids is 3. The van der Waals surface area contributed by atoms with E-state index < -0.39 is 30.4 Å². The zero-order valence-corrected chi connectivity index (χ0v) is 19.9. The highest BCUT2D eigenvalue weighted by Gasteiger charge is 2.19. The van der Waals surface area contributed by atoms with Gasteiger partial charge in [-0.2, -0.15) is 0 Å². The standard InChI is InChI=1S/C25H23ClN2O5S/c1-17(27-23(29)15-32-19-7-3-2-4-8-19)25(31)33-16-24(30)28-21-9-5-6-10-22(21)34-20-13-11-18(26)12-14-20/h2-14,17H,15-16H2,1H3,(H,27,29)(H,28,30)/t17-/m0/s1. The third-order valence-electron chi connectivity index (χ3n) is 4.39. The number of rotatable bonds is 10. The SMILES string of the molecule is C[C@H](NC(=O)COc1ccccc1)C(=O)OCC(=O)Nc1ccccc1Sc1ccc(Cl)cc1. The van der Waals surface area contributed by atoms with E-state index in [9.17, 15) is 14.4 Å². The summed E-state index contributed by atoms with van der Waals surface area (Å²) in [5, 5.41) is 5.87. The normalized spacial score (nSPS) is 11.2. The van der Waals surface area contributed by atoms with Crippen LogP contribution in [0.1, 0.15) is 6.92 Å². The number of para-hydroxylation sites is 2. The van der Waals surface area contributed by atoms with Crippen molar-refractivity contribution >= 4 is 46.8 Å². The van der Waals surface area contributed by atoms with Gasteiger partial charge < -0.3 is 20.1 Å². The molecule has 176 valence electrons. The van der Waals surface area contributed by atoms with Gasteiger partial charge in [-0.15, -0.1) is 0 Å². The minimum absolute atomic E-state index is 0.246. The van der Waals surface area contributed by atoms with Crippen LogP contribution < -0.4 is 15.4 Å². The highest BCUT2D eigenvalue weighted by molar-refractivity contribution is 7.99. The van der Waals surface area contributed by atoms with Crippen LogP contribution in [-0.4, -0.2) is 37.0 Å². The molecule has 2 amide bonds. The van der Waals surface area contributed by atoms with Crippen molar-refractivity contribution in [3.05, 3.63) is 83.9 Å². The summed E-state index contributed by atoms with van der Waals surface area (Å²) in [5.74, 6) is -1.17. The van der Waals surface area contributed by atoms with Gasteiger partial charge in [-0.1, -0.05) is 53.7 Å². The predicted octanol–water partition coefficient (Wildman–Crippen LogP) is 4.56. The fourth-order valence-electron chi connectivity index (χ4n) is 2.74. The maximum absolute atomic E-state index is 12.3. The van der Waals surface area contributed by atoms with Crippen LogP contribution in [0.4, 0.5) is 5.69 Å². The number of hydrogen-bond donors (Lipinski definition) is 2. The Balaban J connectivity index is 1.44. The van der Waals surface area contributed by atoms with Crippen LogP contribution in [0.2, 0.25) is 5.02 Å². The summed E-state index contributed by atoms with van der Waals surface area (Å²) in [6.07, 6.45) is 0. The molecule has 0 aromatic heterocycles. The summed E-state index contributed by atoms with van der Waals surface area (Å²) in [5.41, 5.74) is 0.586. The molecule has 0 radical (unpaired) electrons. The summed E-state index contributed by atoms with van der Waals surface area (Å²) >= 11 is 7.39. The van der Waals surface area contributed by atoms with Gasteiger partial charge in [0, 0.05) is 14.8 Å². The van der Waals surface area contributed by atoms with Gasteiger partial charge in [0.2, 0.25) is 0 Å². The molecule has 3 aromatic rings. The van der Waals surface area contributed by atoms with E-state index in [-0.39, 0.29) is 6.61 Å². The fourth-order valence-corrected chi connectivity index (χ4v) is 3.77. The molecular formula is C25H23ClN2O5S. The molecule has 2 N–H and O–H groups in total. The Morgan fingerprint density at radius 2 is 1.56 bits per heavy atom. The van der Waals surface area contributed by atoms with Gasteiger partial charge >= 0.3 is 5.97 Å². The molecule has 34 heavy (non-hydrogen) atoms. The third kappa shape index (κ3) is 8.13. The Morgan fingerprint density at radius 3 is 2.29 bits per heavy atom. The minimum atomic E-state index is -0.938. The van der Waals surface area contributed by atoms with Crippen molar-refractivity contribution in [2.24, 2.45) is 0 Å². The van der Waals surface area contributed by atoms with Crippen LogP contribution in [-0.2, 0) is 19.1 Å². The lowest BCUT2D eigenvalue weighted by atomic mass is 10.3. The second-order valence-electron chi connectivity index (χ2n) is 7.10. The van der Waals surface area contributed by atoms with E-state index >= 15 is 0 Å². The van der Waals surface area contributed by atoms with Crippen LogP contribution >= 0.6 is 23.4 Å². The molecular weight excluding hydrogens is 476 g/mol. The maximum Gasteiger partial charge on any atom is 0.328 e. The molecule has 1 atom stereocenters. The Morgan fingerprint density at radius 1 is 0.882 bits per heavy atom. The molecule has 0 heterocycles. The van der Waals surface area contributed by atoms with Gasteiger partial charge in [-0.3, -0.25) is 9.59 Å². The summed E-state index contributed by atoms with van der Waals surface area (Å²) < 4.78 is 10.4. The smallest absolute Gasteiger partial charge is 0.328 e. The number of carbonyl (C=O) groups is 3. The van der Waals surface area contributed by atoms with Crippen molar-refractivity contribution in [2.45, 2.75) is 22.8 Å². The molecule has 0 saturated carbocycles. The summed E-state index contributed by atoms with van der Waals surface area (Å²) in [6, 6.07) is 22.5. The van der Waals surface area contributed by atoms with Crippen LogP contribution in [0.25, 0.3) is 0 Å². The van der Waals surface area contributed by atoms with Crippen LogP contribution in [0.5, 0.6) is 5.75 Å². The summed E-state index contributed by atoms with van der Waals surface area (Å²) in [7, 11) is 0. The van der Waals surface area contributed by atoms with E-state index in [1.807, 2.05) is 30.3 Å². The molecule has 0 bridgehead atoms. The fraction of sp³-hybridized carbons (Fsp3) is 0.160. The molecule has 0 fully saturated rings. The second-order valence-corrected chi connectivity index (χ2v) is 8.65. The van der Waals surface area contributed by atoms with E-state index in [0.29, 0.717) is 16.5 Å². The monoisotopic (exact) mass is 498 g/mol. The lowest BCUT2D eigenvalue weighted by Crippen LogP contribution is -2.42. The molecule has 7 nitrogen and oxygen atoms in total. The van der Waals surface area contributed by atoms with Crippen LogP contribution in [0.3, 0.4) is 0 Å². The number of esters is 1. The molecule has 0 aliphatic rings. The molecule has 9 heteroatoms. The molecule has 0 saturated heterocycles. The second kappa shape index (κ2) is 12.7. The first-order valence-electron chi connectivity index (χ1n) is 10.4. The Bertz CT molecular complexity index is 1130. The Hall–Kier alpha value is -3.49. The van der Waals surface area contributed by atoms with E-state index in [0.717, 1.165) is 9.79 Å². The van der Waals surface area contributed by atoms with Crippen LogP contribution in [0.15, 0.2) is 88.7 Å². The molecule has 0 unspecified atom stereocenters. The number of benzene rings is 3. The van der Waals surface area contributed by atoms with Crippen molar-refractivity contribution in [3.8, 4) is 5.75 Å². The highest BCUT2D eigenvalue weighted by atomic mass is 35.5. The van der Waals surface area contributed by atoms with Gasteiger partial charge in [-0.25, -0.2) is 4.79 Å². The number of hydrogen-bond acceptors (Lipinski definition) is 6. The van der Waals surface area contributed by atoms with E-state index in [1.165, 1.54) is 18.7 Å². The topological polar surface area (TPSA) is 93.7 Å². The van der Waals surface area contributed by atoms with Crippen molar-refractivity contribution in [3.63, 3.8) is 0 Å². The molecule has 0 spiro atoms. The Labute approximate surface area is 206 Å². The number of ether oxygens (including phenoxy) is 2. The minimum Gasteiger partial charge on any atom is -0.484 e.